The lowest BCUT2D eigenvalue weighted by atomic mass is 10.1. The predicted molar refractivity (Wildman–Crippen MR) is 53.7 cm³/mol. The van der Waals surface area contributed by atoms with Gasteiger partial charge in [-0.05, 0) is 12.0 Å². The summed E-state index contributed by atoms with van der Waals surface area (Å²) in [7, 11) is 0. The topological polar surface area (TPSA) is 17.8 Å². The van der Waals surface area contributed by atoms with Crippen LogP contribution in [0, 0.1) is 0 Å². The van der Waals surface area contributed by atoms with Crippen LogP contribution in [0.5, 0.6) is 0 Å². The van der Waals surface area contributed by atoms with Crippen molar-refractivity contribution < 1.29 is 8.78 Å². The van der Waals surface area contributed by atoms with Crippen LogP contribution in [-0.2, 0) is 6.54 Å². The van der Waals surface area contributed by atoms with Crippen molar-refractivity contribution in [3.63, 3.8) is 0 Å². The molecule has 0 aliphatic heterocycles. The SMILES string of the molecule is CC.CC(C)c1ccn(CC(F)F)n1. The van der Waals surface area contributed by atoms with Crippen LogP contribution in [0.25, 0.3) is 0 Å². The Kier molecular flexibility index (Phi) is 6.08. The molecule has 0 aromatic carbocycles. The first-order valence-corrected chi connectivity index (χ1v) is 4.91. The molecule has 2 nitrogen and oxygen atoms in total. The quantitative estimate of drug-likeness (QED) is 0.738. The number of hydrogen-bond acceptors (Lipinski definition) is 1. The molecule has 0 unspecified atom stereocenters. The highest BCUT2D eigenvalue weighted by molar-refractivity contribution is 5.03. The maximum Gasteiger partial charge on any atom is 0.257 e. The summed E-state index contributed by atoms with van der Waals surface area (Å²) in [5.74, 6) is 0.295. The van der Waals surface area contributed by atoms with E-state index in [9.17, 15) is 8.78 Å². The molecule has 0 aliphatic rings. The summed E-state index contributed by atoms with van der Waals surface area (Å²) in [6, 6.07) is 1.77. The zero-order valence-corrected chi connectivity index (χ0v) is 9.17. The smallest absolute Gasteiger partial charge is 0.257 e. The summed E-state index contributed by atoms with van der Waals surface area (Å²) in [6.07, 6.45) is -0.744. The molecule has 1 rings (SSSR count). The summed E-state index contributed by atoms with van der Waals surface area (Å²) in [4.78, 5) is 0. The van der Waals surface area contributed by atoms with Crippen LogP contribution >= 0.6 is 0 Å². The van der Waals surface area contributed by atoms with Gasteiger partial charge in [0.05, 0.1) is 5.69 Å². The van der Waals surface area contributed by atoms with Gasteiger partial charge in [-0.25, -0.2) is 8.78 Å². The first kappa shape index (κ1) is 13.1. The van der Waals surface area contributed by atoms with E-state index >= 15 is 0 Å². The maximum absolute atomic E-state index is 11.9. The number of rotatable bonds is 3. The average molecular weight is 204 g/mol. The molecule has 0 amide bonds. The van der Waals surface area contributed by atoms with Crippen molar-refractivity contribution in [1.82, 2.24) is 9.78 Å². The van der Waals surface area contributed by atoms with Crippen molar-refractivity contribution in [3.05, 3.63) is 18.0 Å². The van der Waals surface area contributed by atoms with Gasteiger partial charge in [-0.2, -0.15) is 5.10 Å². The van der Waals surface area contributed by atoms with Crippen LogP contribution < -0.4 is 0 Å². The molecule has 0 N–H and O–H groups in total. The summed E-state index contributed by atoms with van der Waals surface area (Å²) >= 11 is 0. The van der Waals surface area contributed by atoms with Crippen molar-refractivity contribution in [2.45, 2.75) is 46.6 Å². The lowest BCUT2D eigenvalue weighted by molar-refractivity contribution is 0.121. The van der Waals surface area contributed by atoms with E-state index < -0.39 is 6.43 Å². The Morgan fingerprint density at radius 1 is 1.36 bits per heavy atom. The first-order valence-electron chi connectivity index (χ1n) is 4.91. The van der Waals surface area contributed by atoms with Crippen LogP contribution in [0.3, 0.4) is 0 Å². The fourth-order valence-corrected chi connectivity index (χ4v) is 0.928. The Morgan fingerprint density at radius 3 is 2.29 bits per heavy atom. The van der Waals surface area contributed by atoms with Crippen LogP contribution in [0.1, 0.15) is 39.3 Å². The van der Waals surface area contributed by atoms with E-state index in [1.165, 1.54) is 4.68 Å². The number of hydrogen-bond donors (Lipinski definition) is 0. The second kappa shape index (κ2) is 6.51. The molecule has 0 atom stereocenters. The van der Waals surface area contributed by atoms with Gasteiger partial charge in [-0.3, -0.25) is 4.68 Å². The van der Waals surface area contributed by atoms with Crippen LogP contribution in [-0.4, -0.2) is 16.2 Å². The molecular formula is C10H18F2N2. The van der Waals surface area contributed by atoms with Crippen molar-refractivity contribution in [2.75, 3.05) is 0 Å². The van der Waals surface area contributed by atoms with Gasteiger partial charge in [0, 0.05) is 6.20 Å². The number of halogens is 2. The first-order chi connectivity index (χ1) is 6.59. The Labute approximate surface area is 83.9 Å². The number of aromatic nitrogens is 2. The van der Waals surface area contributed by atoms with Crippen molar-refractivity contribution >= 4 is 0 Å². The second-order valence-corrected chi connectivity index (χ2v) is 3.01. The van der Waals surface area contributed by atoms with Crippen molar-refractivity contribution in [2.24, 2.45) is 0 Å². The van der Waals surface area contributed by atoms with Gasteiger partial charge in [0.2, 0.25) is 0 Å². The van der Waals surface area contributed by atoms with Gasteiger partial charge in [-0.1, -0.05) is 27.7 Å². The molecule has 0 bridgehead atoms. The van der Waals surface area contributed by atoms with Crippen LogP contribution in [0.2, 0.25) is 0 Å². The zero-order chi connectivity index (χ0) is 11.1. The van der Waals surface area contributed by atoms with Crippen molar-refractivity contribution in [3.8, 4) is 0 Å². The van der Waals surface area contributed by atoms with Gasteiger partial charge in [0.1, 0.15) is 6.54 Å². The highest BCUT2D eigenvalue weighted by Crippen LogP contribution is 2.10. The second-order valence-electron chi connectivity index (χ2n) is 3.01. The molecule has 0 saturated carbocycles. The van der Waals surface area contributed by atoms with E-state index in [0.717, 1.165) is 5.69 Å². The molecule has 0 aliphatic carbocycles. The third kappa shape index (κ3) is 4.35. The number of nitrogens with zero attached hydrogens (tertiary/aromatic N) is 2. The summed E-state index contributed by atoms with van der Waals surface area (Å²) in [6.45, 7) is 7.65. The number of alkyl halides is 2. The third-order valence-electron chi connectivity index (χ3n) is 1.58. The summed E-state index contributed by atoms with van der Waals surface area (Å²) in [5.41, 5.74) is 0.857. The van der Waals surface area contributed by atoms with Gasteiger partial charge in [0.25, 0.3) is 6.43 Å². The van der Waals surface area contributed by atoms with E-state index in [2.05, 4.69) is 5.10 Å². The normalized spacial score (nSPS) is 10.3. The van der Waals surface area contributed by atoms with E-state index in [-0.39, 0.29) is 6.54 Å². The minimum atomic E-state index is -2.33. The molecule has 0 fully saturated rings. The Hall–Kier alpha value is -0.930. The molecule has 0 saturated heterocycles. The lowest BCUT2D eigenvalue weighted by Gasteiger charge is -2.00. The molecule has 82 valence electrons. The molecule has 0 spiro atoms. The van der Waals surface area contributed by atoms with E-state index in [1.807, 2.05) is 27.7 Å². The minimum Gasteiger partial charge on any atom is -0.267 e. The monoisotopic (exact) mass is 204 g/mol. The largest absolute Gasteiger partial charge is 0.267 e. The van der Waals surface area contributed by atoms with E-state index in [0.29, 0.717) is 5.92 Å². The average Bonchev–Trinajstić information content (AvgIpc) is 2.55. The lowest BCUT2D eigenvalue weighted by Crippen LogP contribution is -2.07. The van der Waals surface area contributed by atoms with Crippen LogP contribution in [0.4, 0.5) is 8.78 Å². The van der Waals surface area contributed by atoms with Gasteiger partial charge >= 0.3 is 0 Å². The van der Waals surface area contributed by atoms with Gasteiger partial charge < -0.3 is 0 Å². The summed E-state index contributed by atoms with van der Waals surface area (Å²) in [5, 5.41) is 3.99. The third-order valence-corrected chi connectivity index (χ3v) is 1.58. The molecule has 0 radical (unpaired) electrons. The molecule has 1 aromatic rings. The molecule has 4 heteroatoms. The Bertz CT molecular complexity index is 244. The minimum absolute atomic E-state index is 0.295. The fourth-order valence-electron chi connectivity index (χ4n) is 0.928. The molecule has 1 aromatic heterocycles. The van der Waals surface area contributed by atoms with Crippen LogP contribution in [0.15, 0.2) is 12.3 Å². The Morgan fingerprint density at radius 2 is 1.93 bits per heavy atom. The van der Waals surface area contributed by atoms with E-state index in [4.69, 9.17) is 0 Å². The molecular weight excluding hydrogens is 186 g/mol. The highest BCUT2D eigenvalue weighted by atomic mass is 19.3. The highest BCUT2D eigenvalue weighted by Gasteiger charge is 2.07. The standard InChI is InChI=1S/C8H12F2N2.C2H6/c1-6(2)7-3-4-12(11-7)5-8(9)10;1-2/h3-4,6,8H,5H2,1-2H3;1-2H3. The molecule has 14 heavy (non-hydrogen) atoms. The summed E-state index contributed by atoms with van der Waals surface area (Å²) < 4.78 is 25.0. The molecule has 1 heterocycles. The van der Waals surface area contributed by atoms with Gasteiger partial charge in [-0.15, -0.1) is 0 Å². The van der Waals surface area contributed by atoms with E-state index in [1.54, 1.807) is 12.3 Å². The maximum atomic E-state index is 11.9. The van der Waals surface area contributed by atoms with Crippen molar-refractivity contribution in [1.29, 1.82) is 0 Å². The van der Waals surface area contributed by atoms with Gasteiger partial charge in [0.15, 0.2) is 0 Å². The Balaban J connectivity index is 0.000000791. The predicted octanol–water partition coefficient (Wildman–Crippen LogP) is 3.30. The fraction of sp³-hybridized carbons (Fsp3) is 0.700. The zero-order valence-electron chi connectivity index (χ0n) is 9.17.